The highest BCUT2D eigenvalue weighted by molar-refractivity contribution is 5.76. The van der Waals surface area contributed by atoms with Crippen molar-refractivity contribution in [3.8, 4) is 11.5 Å². The third kappa shape index (κ3) is 4.41. The van der Waals surface area contributed by atoms with Gasteiger partial charge in [-0.15, -0.1) is 0 Å². The maximum Gasteiger partial charge on any atom is 0.223 e. The van der Waals surface area contributed by atoms with Gasteiger partial charge in [-0.25, -0.2) is 9.97 Å². The lowest BCUT2D eigenvalue weighted by molar-refractivity contribution is -0.132. The van der Waals surface area contributed by atoms with Crippen molar-refractivity contribution in [1.82, 2.24) is 29.7 Å². The molecule has 4 heterocycles. The van der Waals surface area contributed by atoms with Gasteiger partial charge in [0, 0.05) is 56.3 Å². The van der Waals surface area contributed by atoms with E-state index in [1.165, 1.54) is 19.3 Å². The molecule has 2 aliphatic rings. The number of hydrogen-bond acceptors (Lipinski definition) is 5. The summed E-state index contributed by atoms with van der Waals surface area (Å²) in [5.41, 5.74) is 2.76. The average molecular weight is 383 g/mol. The zero-order chi connectivity index (χ0) is 19.3. The fraction of sp³-hybridized carbons (Fsp3) is 0.619. The molecule has 2 fully saturated rings. The lowest BCUT2D eigenvalue weighted by Gasteiger charge is -2.34. The maximum absolute atomic E-state index is 12.8. The molecule has 1 unspecified atom stereocenters. The van der Waals surface area contributed by atoms with Gasteiger partial charge in [0.2, 0.25) is 5.91 Å². The third-order valence-electron chi connectivity index (χ3n) is 5.91. The van der Waals surface area contributed by atoms with E-state index in [1.54, 1.807) is 12.4 Å². The zero-order valence-corrected chi connectivity index (χ0v) is 16.7. The molecule has 4 rings (SSSR count). The molecule has 0 aliphatic carbocycles. The van der Waals surface area contributed by atoms with Crippen LogP contribution in [0.5, 0.6) is 0 Å². The standard InChI is InChI=1S/C21H30N6O/c1-16-14-24-21(25-16)20-19(22-8-9-23-20)17-6-5-12-27(15-17)18(28)7-13-26-10-3-2-4-11-26/h8-9,14,17H,2-7,10-13,15H2,1H3,(H,24,25). The minimum absolute atomic E-state index is 0.210. The molecule has 2 aromatic rings. The van der Waals surface area contributed by atoms with Crippen LogP contribution in [0, 0.1) is 6.92 Å². The number of imidazole rings is 1. The number of aromatic amines is 1. The number of piperidine rings is 2. The highest BCUT2D eigenvalue weighted by Gasteiger charge is 2.28. The second-order valence-electron chi connectivity index (χ2n) is 8.04. The topological polar surface area (TPSA) is 78.0 Å². The second-order valence-corrected chi connectivity index (χ2v) is 8.04. The van der Waals surface area contributed by atoms with Crippen LogP contribution in [0.1, 0.15) is 55.8 Å². The van der Waals surface area contributed by atoms with E-state index in [0.29, 0.717) is 6.42 Å². The minimum atomic E-state index is 0.210. The number of nitrogens with one attached hydrogen (secondary N) is 1. The molecular weight excluding hydrogens is 352 g/mol. The van der Waals surface area contributed by atoms with Gasteiger partial charge in [0.1, 0.15) is 5.69 Å². The van der Waals surface area contributed by atoms with Gasteiger partial charge in [-0.05, 0) is 45.7 Å². The zero-order valence-electron chi connectivity index (χ0n) is 16.7. The number of hydrogen-bond donors (Lipinski definition) is 1. The van der Waals surface area contributed by atoms with E-state index in [-0.39, 0.29) is 11.8 Å². The molecule has 28 heavy (non-hydrogen) atoms. The largest absolute Gasteiger partial charge is 0.342 e. The van der Waals surface area contributed by atoms with Gasteiger partial charge in [0.05, 0.1) is 5.69 Å². The number of H-pyrrole nitrogens is 1. The second kappa shape index (κ2) is 8.82. The van der Waals surface area contributed by atoms with Gasteiger partial charge in [0.25, 0.3) is 0 Å². The highest BCUT2D eigenvalue weighted by Crippen LogP contribution is 2.31. The Hall–Kier alpha value is -2.28. The summed E-state index contributed by atoms with van der Waals surface area (Å²) in [6.45, 7) is 6.73. The summed E-state index contributed by atoms with van der Waals surface area (Å²) in [4.78, 5) is 34.2. The number of aryl methyl sites for hydroxylation is 1. The van der Waals surface area contributed by atoms with Crippen molar-refractivity contribution >= 4 is 5.91 Å². The van der Waals surface area contributed by atoms with Gasteiger partial charge in [-0.1, -0.05) is 6.42 Å². The fourth-order valence-electron chi connectivity index (χ4n) is 4.38. The van der Waals surface area contributed by atoms with E-state index in [2.05, 4.69) is 24.8 Å². The molecule has 150 valence electrons. The number of carbonyl (C=O) groups is 1. The number of aromatic nitrogens is 4. The van der Waals surface area contributed by atoms with E-state index in [4.69, 9.17) is 0 Å². The van der Waals surface area contributed by atoms with E-state index in [1.807, 2.05) is 18.0 Å². The molecular formula is C21H30N6O. The Balaban J connectivity index is 1.42. The molecule has 2 aliphatic heterocycles. The molecule has 1 atom stereocenters. The summed E-state index contributed by atoms with van der Waals surface area (Å²) in [7, 11) is 0. The summed E-state index contributed by atoms with van der Waals surface area (Å²) in [6, 6.07) is 0. The first-order chi connectivity index (χ1) is 13.7. The van der Waals surface area contributed by atoms with Crippen LogP contribution in [-0.4, -0.2) is 68.4 Å². The number of likely N-dealkylation sites (tertiary alicyclic amines) is 2. The summed E-state index contributed by atoms with van der Waals surface area (Å²) < 4.78 is 0. The van der Waals surface area contributed by atoms with Gasteiger partial charge in [-0.3, -0.25) is 9.78 Å². The molecule has 0 radical (unpaired) electrons. The van der Waals surface area contributed by atoms with E-state index >= 15 is 0 Å². The monoisotopic (exact) mass is 382 g/mol. The van der Waals surface area contributed by atoms with E-state index < -0.39 is 0 Å². The summed E-state index contributed by atoms with van der Waals surface area (Å²) >= 11 is 0. The van der Waals surface area contributed by atoms with Crippen LogP contribution in [-0.2, 0) is 4.79 Å². The van der Waals surface area contributed by atoms with E-state index in [0.717, 1.165) is 68.5 Å². The lowest BCUT2D eigenvalue weighted by Crippen LogP contribution is -2.41. The SMILES string of the molecule is Cc1cnc(-c2nccnc2C2CCCN(C(=O)CCN3CCCCC3)C2)[nH]1. The smallest absolute Gasteiger partial charge is 0.223 e. The van der Waals surface area contributed by atoms with Crippen molar-refractivity contribution in [1.29, 1.82) is 0 Å². The van der Waals surface area contributed by atoms with Crippen molar-refractivity contribution in [2.24, 2.45) is 0 Å². The van der Waals surface area contributed by atoms with Crippen molar-refractivity contribution < 1.29 is 4.79 Å². The summed E-state index contributed by atoms with van der Waals surface area (Å²) in [6.07, 6.45) is 11.8. The quantitative estimate of drug-likeness (QED) is 0.860. The van der Waals surface area contributed by atoms with Crippen LogP contribution >= 0.6 is 0 Å². The summed E-state index contributed by atoms with van der Waals surface area (Å²) in [5.74, 6) is 1.24. The van der Waals surface area contributed by atoms with Crippen molar-refractivity contribution in [2.75, 3.05) is 32.7 Å². The predicted molar refractivity (Wildman–Crippen MR) is 108 cm³/mol. The van der Waals surface area contributed by atoms with Crippen LogP contribution in [0.25, 0.3) is 11.5 Å². The maximum atomic E-state index is 12.8. The molecule has 1 amide bonds. The molecule has 7 heteroatoms. The van der Waals surface area contributed by atoms with Crippen molar-refractivity contribution in [3.63, 3.8) is 0 Å². The number of carbonyl (C=O) groups excluding carboxylic acids is 1. The molecule has 1 N–H and O–H groups in total. The van der Waals surface area contributed by atoms with Crippen LogP contribution < -0.4 is 0 Å². The Bertz CT molecular complexity index is 798. The highest BCUT2D eigenvalue weighted by atomic mass is 16.2. The predicted octanol–water partition coefficient (Wildman–Crippen LogP) is 2.76. The molecule has 0 aromatic carbocycles. The van der Waals surface area contributed by atoms with Crippen molar-refractivity contribution in [3.05, 3.63) is 30.0 Å². The Labute approximate surface area is 166 Å². The van der Waals surface area contributed by atoms with E-state index in [9.17, 15) is 4.79 Å². The lowest BCUT2D eigenvalue weighted by atomic mass is 9.92. The molecule has 0 saturated carbocycles. The Morgan fingerprint density at radius 1 is 1.11 bits per heavy atom. The number of rotatable bonds is 5. The van der Waals surface area contributed by atoms with Crippen LogP contribution in [0.15, 0.2) is 18.6 Å². The molecule has 2 aromatic heterocycles. The molecule has 2 saturated heterocycles. The first-order valence-electron chi connectivity index (χ1n) is 10.5. The minimum Gasteiger partial charge on any atom is -0.342 e. The van der Waals surface area contributed by atoms with Gasteiger partial charge in [-0.2, -0.15) is 0 Å². The van der Waals surface area contributed by atoms with Gasteiger partial charge < -0.3 is 14.8 Å². The average Bonchev–Trinajstić information content (AvgIpc) is 3.19. The number of amides is 1. The molecule has 7 nitrogen and oxygen atoms in total. The first-order valence-corrected chi connectivity index (χ1v) is 10.5. The Kier molecular flexibility index (Phi) is 6.00. The van der Waals surface area contributed by atoms with Gasteiger partial charge in [0.15, 0.2) is 5.82 Å². The first kappa shape index (κ1) is 19.1. The Morgan fingerprint density at radius 3 is 2.71 bits per heavy atom. The number of nitrogens with zero attached hydrogens (tertiary/aromatic N) is 5. The summed E-state index contributed by atoms with van der Waals surface area (Å²) in [5, 5.41) is 0. The normalized spacial score (nSPS) is 21.0. The van der Waals surface area contributed by atoms with Crippen molar-refractivity contribution in [2.45, 2.75) is 51.4 Å². The fourth-order valence-corrected chi connectivity index (χ4v) is 4.38. The Morgan fingerprint density at radius 2 is 1.93 bits per heavy atom. The third-order valence-corrected chi connectivity index (χ3v) is 5.91. The van der Waals surface area contributed by atoms with Gasteiger partial charge >= 0.3 is 0 Å². The van der Waals surface area contributed by atoms with Crippen LogP contribution in [0.2, 0.25) is 0 Å². The van der Waals surface area contributed by atoms with Crippen LogP contribution in [0.3, 0.4) is 0 Å². The van der Waals surface area contributed by atoms with Crippen LogP contribution in [0.4, 0.5) is 0 Å². The molecule has 0 bridgehead atoms. The molecule has 0 spiro atoms.